The topological polar surface area (TPSA) is 32.8 Å². The number of hydrogen-bond donors (Lipinski definition) is 0. The lowest BCUT2D eigenvalue weighted by Gasteiger charge is -2.25. The summed E-state index contributed by atoms with van der Waals surface area (Å²) >= 11 is 1.81. The number of amides is 1. The third kappa shape index (κ3) is 14.0. The van der Waals surface area contributed by atoms with Gasteiger partial charge in [-0.2, -0.15) is 0 Å². The molecule has 3 rings (SSSR count). The Bertz CT molecular complexity index is 1130. The van der Waals surface area contributed by atoms with Crippen molar-refractivity contribution in [3.8, 4) is 5.75 Å². The maximum absolute atomic E-state index is 12.7. The second kappa shape index (κ2) is 21.0. The van der Waals surface area contributed by atoms with E-state index in [0.717, 1.165) is 43.3 Å². The summed E-state index contributed by atoms with van der Waals surface area (Å²) in [7, 11) is 0. The molecule has 0 unspecified atom stereocenters. The molecule has 1 amide bonds. The van der Waals surface area contributed by atoms with E-state index < -0.39 is 0 Å². The first kappa shape index (κ1) is 38.3. The Morgan fingerprint density at radius 3 is 2.14 bits per heavy atom. The van der Waals surface area contributed by atoms with Crippen LogP contribution in [0.15, 0.2) is 54.1 Å². The van der Waals surface area contributed by atoms with Gasteiger partial charge in [-0.05, 0) is 58.6 Å². The molecule has 44 heavy (non-hydrogen) atoms. The van der Waals surface area contributed by atoms with Crippen LogP contribution in [0.3, 0.4) is 0 Å². The summed E-state index contributed by atoms with van der Waals surface area (Å²) in [6, 6.07) is 15.0. The highest BCUT2D eigenvalue weighted by Crippen LogP contribution is 2.33. The first-order valence-electron chi connectivity index (χ1n) is 16.9. The zero-order valence-electron chi connectivity index (χ0n) is 28.2. The van der Waals surface area contributed by atoms with Crippen molar-refractivity contribution in [3.05, 3.63) is 70.8 Å². The molecule has 0 bridgehead atoms. The van der Waals surface area contributed by atoms with E-state index >= 15 is 0 Å². The molecule has 0 spiro atoms. The summed E-state index contributed by atoms with van der Waals surface area (Å²) in [5.74, 6) is 2.06. The number of unbranched alkanes of at least 4 members (excludes halogenated alkanes) is 11. The number of carbonyl (C=O) groups is 1. The number of rotatable bonds is 20. The molecule has 0 fully saturated rings. The van der Waals surface area contributed by atoms with Gasteiger partial charge < -0.3 is 14.5 Å². The maximum atomic E-state index is 12.7. The molecule has 0 atom stereocenters. The van der Waals surface area contributed by atoms with E-state index in [1.165, 1.54) is 87.3 Å². The van der Waals surface area contributed by atoms with E-state index in [9.17, 15) is 4.79 Å². The fourth-order valence-electron chi connectivity index (χ4n) is 5.75. The van der Waals surface area contributed by atoms with Crippen LogP contribution in [0.25, 0.3) is 0 Å². The lowest BCUT2D eigenvalue weighted by Crippen LogP contribution is -2.31. The minimum atomic E-state index is -0.0151. The molecule has 6 heteroatoms. The summed E-state index contributed by atoms with van der Waals surface area (Å²) in [6.07, 6.45) is 19.1. The molecule has 246 valence electrons. The Kier molecular flexibility index (Phi) is 18.2. The van der Waals surface area contributed by atoms with Crippen molar-refractivity contribution >= 4 is 40.3 Å². The van der Waals surface area contributed by atoms with Crippen LogP contribution in [0.4, 0.5) is 5.69 Å². The van der Waals surface area contributed by atoms with Crippen molar-refractivity contribution in [1.82, 2.24) is 4.90 Å². The van der Waals surface area contributed by atoms with Gasteiger partial charge in [0.05, 0.1) is 12.5 Å². The van der Waals surface area contributed by atoms with Crippen LogP contribution in [-0.4, -0.2) is 29.8 Å². The zero-order valence-corrected chi connectivity index (χ0v) is 30.8. The summed E-state index contributed by atoms with van der Waals surface area (Å²) < 4.78 is 6.34. The summed E-state index contributed by atoms with van der Waals surface area (Å²) in [5, 5.41) is 2.13. The van der Waals surface area contributed by atoms with Crippen molar-refractivity contribution in [2.45, 2.75) is 130 Å². The third-order valence-electron chi connectivity index (χ3n) is 8.33. The Morgan fingerprint density at radius 2 is 1.55 bits per heavy atom. The SMILES string of the molecule is Br.CCCCCCCCCCCCCCOc1ccc(CCN(C(C)=O)c2cccc(CN3C=CSC3)c2)cc1C(C)(C)C. The lowest BCUT2D eigenvalue weighted by atomic mass is 9.85. The summed E-state index contributed by atoms with van der Waals surface area (Å²) in [6.45, 7) is 13.0. The molecule has 0 radical (unpaired) electrons. The molecule has 2 aromatic rings. The van der Waals surface area contributed by atoms with Crippen molar-refractivity contribution in [2.24, 2.45) is 0 Å². The molecular formula is C38H59BrN2O2S. The highest BCUT2D eigenvalue weighted by atomic mass is 79.9. The molecule has 0 N–H and O–H groups in total. The van der Waals surface area contributed by atoms with E-state index in [1.807, 2.05) is 22.7 Å². The molecular weight excluding hydrogens is 628 g/mol. The second-order valence-electron chi connectivity index (χ2n) is 13.2. The van der Waals surface area contributed by atoms with E-state index in [-0.39, 0.29) is 28.3 Å². The van der Waals surface area contributed by atoms with Gasteiger partial charge in [-0.15, -0.1) is 28.7 Å². The van der Waals surface area contributed by atoms with Gasteiger partial charge in [0.25, 0.3) is 0 Å². The number of halogens is 1. The van der Waals surface area contributed by atoms with Gasteiger partial charge in [0.1, 0.15) is 5.75 Å². The van der Waals surface area contributed by atoms with E-state index in [1.54, 1.807) is 6.92 Å². The number of thioether (sulfide) groups is 1. The molecule has 0 saturated heterocycles. The Hall–Kier alpha value is -1.92. The van der Waals surface area contributed by atoms with E-state index in [4.69, 9.17) is 4.74 Å². The van der Waals surface area contributed by atoms with Crippen molar-refractivity contribution < 1.29 is 9.53 Å². The van der Waals surface area contributed by atoms with Crippen molar-refractivity contribution in [3.63, 3.8) is 0 Å². The predicted octanol–water partition coefficient (Wildman–Crippen LogP) is 11.2. The number of hydrogen-bond acceptors (Lipinski definition) is 4. The van der Waals surface area contributed by atoms with Gasteiger partial charge >= 0.3 is 0 Å². The number of carbonyl (C=O) groups excluding carboxylic acids is 1. The van der Waals surface area contributed by atoms with Crippen molar-refractivity contribution in [1.29, 1.82) is 0 Å². The molecule has 4 nitrogen and oxygen atoms in total. The van der Waals surface area contributed by atoms with Gasteiger partial charge in [-0.1, -0.05) is 123 Å². The Morgan fingerprint density at radius 1 is 0.886 bits per heavy atom. The largest absolute Gasteiger partial charge is 0.493 e. The predicted molar refractivity (Wildman–Crippen MR) is 197 cm³/mol. The van der Waals surface area contributed by atoms with Crippen LogP contribution >= 0.6 is 28.7 Å². The Balaban J connectivity index is 0.00000675. The molecule has 1 aliphatic rings. The van der Waals surface area contributed by atoms with Crippen LogP contribution in [0.5, 0.6) is 5.75 Å². The van der Waals surface area contributed by atoms with Gasteiger partial charge in [0.2, 0.25) is 5.91 Å². The molecule has 1 aliphatic heterocycles. The molecule has 2 aromatic carbocycles. The Labute approximate surface area is 284 Å². The molecule has 0 saturated carbocycles. The summed E-state index contributed by atoms with van der Waals surface area (Å²) in [5.41, 5.74) is 4.67. The lowest BCUT2D eigenvalue weighted by molar-refractivity contribution is -0.116. The molecule has 0 aliphatic carbocycles. The normalized spacial score (nSPS) is 12.8. The van der Waals surface area contributed by atoms with Crippen LogP contribution in [0, 0.1) is 0 Å². The maximum Gasteiger partial charge on any atom is 0.223 e. The molecule has 1 heterocycles. The fraction of sp³-hybridized carbons (Fsp3) is 0.605. The number of anilines is 1. The number of nitrogens with zero attached hydrogens (tertiary/aromatic N) is 2. The van der Waals surface area contributed by atoms with Crippen LogP contribution in [0.1, 0.15) is 128 Å². The van der Waals surface area contributed by atoms with Gasteiger partial charge in [0.15, 0.2) is 0 Å². The van der Waals surface area contributed by atoms with Gasteiger partial charge in [0, 0.05) is 31.9 Å². The third-order valence-corrected chi connectivity index (χ3v) is 9.12. The zero-order chi connectivity index (χ0) is 30.9. The number of benzene rings is 2. The van der Waals surface area contributed by atoms with E-state index in [0.29, 0.717) is 6.54 Å². The molecule has 0 aromatic heterocycles. The van der Waals surface area contributed by atoms with E-state index in [2.05, 4.69) is 80.6 Å². The average Bonchev–Trinajstić information content (AvgIpc) is 3.48. The average molecular weight is 688 g/mol. The van der Waals surface area contributed by atoms with Gasteiger partial charge in [-0.3, -0.25) is 4.79 Å². The highest BCUT2D eigenvalue weighted by Gasteiger charge is 2.20. The quantitative estimate of drug-likeness (QED) is 0.130. The first-order valence-corrected chi connectivity index (χ1v) is 18.0. The van der Waals surface area contributed by atoms with Gasteiger partial charge in [-0.25, -0.2) is 0 Å². The minimum Gasteiger partial charge on any atom is -0.493 e. The van der Waals surface area contributed by atoms with Crippen LogP contribution < -0.4 is 9.64 Å². The van der Waals surface area contributed by atoms with Crippen LogP contribution in [0.2, 0.25) is 0 Å². The van der Waals surface area contributed by atoms with Crippen molar-refractivity contribution in [2.75, 3.05) is 23.9 Å². The monoisotopic (exact) mass is 686 g/mol. The smallest absolute Gasteiger partial charge is 0.223 e. The first-order chi connectivity index (χ1) is 20.8. The standard InChI is InChI=1S/C38H58N2O2S.BrH/c1-6-7-8-9-10-11-12-13-14-15-16-17-26-42-37-22-21-33(29-36(37)38(3,4)5)23-24-40(32(2)41)35-20-18-19-34(28-35)30-39-25-27-43-31-39;/h18-22,25,27-29H,6-17,23-24,26,30-31H2,1-5H3;1H. The highest BCUT2D eigenvalue weighted by molar-refractivity contribution is 8.93. The summed E-state index contributed by atoms with van der Waals surface area (Å²) in [4.78, 5) is 16.9. The minimum absolute atomic E-state index is 0. The fourth-order valence-corrected chi connectivity index (χ4v) is 6.46. The second-order valence-corrected chi connectivity index (χ2v) is 14.1. The van der Waals surface area contributed by atoms with Crippen LogP contribution in [-0.2, 0) is 23.2 Å². The number of ether oxygens (including phenoxy) is 1.